The molecule has 5 nitrogen and oxygen atoms in total. The molecule has 0 saturated heterocycles. The Morgan fingerprint density at radius 1 is 1.19 bits per heavy atom. The molecule has 1 aromatic rings. The van der Waals surface area contributed by atoms with Gasteiger partial charge in [0.1, 0.15) is 11.9 Å². The largest absolute Gasteiger partial charge is 0.374 e. The van der Waals surface area contributed by atoms with Crippen LogP contribution in [0.3, 0.4) is 0 Å². The normalized spacial score (nSPS) is 16.3. The van der Waals surface area contributed by atoms with Crippen LogP contribution in [0.4, 0.5) is 14.9 Å². The van der Waals surface area contributed by atoms with Crippen LogP contribution in [0.15, 0.2) is 24.3 Å². The standard InChI is InChI=1S/C15H20FN3O2/c1-10(17-13-8-6-11(16)7-9-13)14(20)19-15(21)18-12-4-2-3-5-12/h6-10,12,17H,2-5H2,1H3,(H2,18,19,20,21). The first kappa shape index (κ1) is 15.3. The first-order valence-electron chi connectivity index (χ1n) is 7.18. The highest BCUT2D eigenvalue weighted by Crippen LogP contribution is 2.17. The van der Waals surface area contributed by atoms with Crippen molar-refractivity contribution in [2.45, 2.75) is 44.7 Å². The van der Waals surface area contributed by atoms with E-state index in [-0.39, 0.29) is 11.9 Å². The summed E-state index contributed by atoms with van der Waals surface area (Å²) in [5, 5.41) is 8.01. The van der Waals surface area contributed by atoms with Crippen molar-refractivity contribution in [1.29, 1.82) is 0 Å². The van der Waals surface area contributed by atoms with Gasteiger partial charge in [-0.1, -0.05) is 12.8 Å². The number of urea groups is 1. The van der Waals surface area contributed by atoms with Gasteiger partial charge in [-0.3, -0.25) is 10.1 Å². The second-order valence-corrected chi connectivity index (χ2v) is 5.32. The molecule has 2 rings (SSSR count). The summed E-state index contributed by atoms with van der Waals surface area (Å²) in [6, 6.07) is 4.80. The summed E-state index contributed by atoms with van der Waals surface area (Å²) in [5.74, 6) is -0.761. The highest BCUT2D eigenvalue weighted by Gasteiger charge is 2.20. The quantitative estimate of drug-likeness (QED) is 0.798. The van der Waals surface area contributed by atoms with Crippen molar-refractivity contribution in [3.05, 3.63) is 30.1 Å². The average Bonchev–Trinajstić information content (AvgIpc) is 2.94. The molecule has 21 heavy (non-hydrogen) atoms. The molecule has 1 atom stereocenters. The lowest BCUT2D eigenvalue weighted by molar-refractivity contribution is -0.120. The van der Waals surface area contributed by atoms with Crippen molar-refractivity contribution < 1.29 is 14.0 Å². The van der Waals surface area contributed by atoms with Crippen LogP contribution in [-0.2, 0) is 4.79 Å². The monoisotopic (exact) mass is 293 g/mol. The number of nitrogens with one attached hydrogen (secondary N) is 3. The molecule has 6 heteroatoms. The zero-order chi connectivity index (χ0) is 15.2. The zero-order valence-corrected chi connectivity index (χ0v) is 12.0. The first-order chi connectivity index (χ1) is 10.0. The summed E-state index contributed by atoms with van der Waals surface area (Å²) in [5.41, 5.74) is 0.621. The van der Waals surface area contributed by atoms with E-state index in [2.05, 4.69) is 16.0 Å². The highest BCUT2D eigenvalue weighted by molar-refractivity contribution is 5.98. The van der Waals surface area contributed by atoms with Crippen LogP contribution in [0, 0.1) is 5.82 Å². The van der Waals surface area contributed by atoms with Crippen molar-refractivity contribution in [3.8, 4) is 0 Å². The molecule has 1 unspecified atom stereocenters. The molecule has 114 valence electrons. The third-order valence-corrected chi connectivity index (χ3v) is 3.55. The summed E-state index contributed by atoms with van der Waals surface area (Å²) in [6.45, 7) is 1.64. The van der Waals surface area contributed by atoms with Crippen LogP contribution < -0.4 is 16.0 Å². The lowest BCUT2D eigenvalue weighted by Gasteiger charge is -2.16. The lowest BCUT2D eigenvalue weighted by atomic mass is 10.2. The number of benzene rings is 1. The molecule has 0 heterocycles. The van der Waals surface area contributed by atoms with Crippen molar-refractivity contribution in [2.75, 3.05) is 5.32 Å². The number of carbonyl (C=O) groups excluding carboxylic acids is 2. The number of hydrogen-bond donors (Lipinski definition) is 3. The van der Waals surface area contributed by atoms with Crippen molar-refractivity contribution in [2.24, 2.45) is 0 Å². The maximum Gasteiger partial charge on any atom is 0.321 e. The third-order valence-electron chi connectivity index (χ3n) is 3.55. The SMILES string of the molecule is CC(Nc1ccc(F)cc1)C(=O)NC(=O)NC1CCCC1. The van der Waals surface area contributed by atoms with Gasteiger partial charge in [0.25, 0.3) is 0 Å². The van der Waals surface area contributed by atoms with E-state index < -0.39 is 18.0 Å². The Kier molecular flexibility index (Phi) is 5.14. The fourth-order valence-corrected chi connectivity index (χ4v) is 2.37. The van der Waals surface area contributed by atoms with Gasteiger partial charge in [-0.2, -0.15) is 0 Å². The highest BCUT2D eigenvalue weighted by atomic mass is 19.1. The van der Waals surface area contributed by atoms with Gasteiger partial charge in [-0.15, -0.1) is 0 Å². The van der Waals surface area contributed by atoms with Crippen molar-refractivity contribution in [3.63, 3.8) is 0 Å². The van der Waals surface area contributed by atoms with Gasteiger partial charge in [0.05, 0.1) is 0 Å². The summed E-state index contributed by atoms with van der Waals surface area (Å²) < 4.78 is 12.8. The molecule has 1 saturated carbocycles. The number of amides is 3. The van der Waals surface area contributed by atoms with Crippen LogP contribution in [0.1, 0.15) is 32.6 Å². The van der Waals surface area contributed by atoms with E-state index in [1.165, 1.54) is 24.3 Å². The lowest BCUT2D eigenvalue weighted by Crippen LogP contribution is -2.48. The molecule has 1 aromatic carbocycles. The topological polar surface area (TPSA) is 70.2 Å². The number of anilines is 1. The van der Waals surface area contributed by atoms with E-state index in [1.54, 1.807) is 6.92 Å². The second kappa shape index (κ2) is 7.06. The molecule has 0 spiro atoms. The van der Waals surface area contributed by atoms with E-state index in [4.69, 9.17) is 0 Å². The van der Waals surface area contributed by atoms with Gasteiger partial charge < -0.3 is 10.6 Å². The van der Waals surface area contributed by atoms with Gasteiger partial charge in [-0.05, 0) is 44.0 Å². The number of hydrogen-bond acceptors (Lipinski definition) is 3. The minimum atomic E-state index is -0.593. The number of carbonyl (C=O) groups is 2. The second-order valence-electron chi connectivity index (χ2n) is 5.32. The molecule has 1 aliphatic carbocycles. The Morgan fingerprint density at radius 3 is 2.43 bits per heavy atom. The van der Waals surface area contributed by atoms with Gasteiger partial charge in [0, 0.05) is 11.7 Å². The summed E-state index contributed by atoms with van der Waals surface area (Å²) in [7, 11) is 0. The third kappa shape index (κ3) is 4.73. The van der Waals surface area contributed by atoms with Crippen LogP contribution in [0.25, 0.3) is 0 Å². The zero-order valence-electron chi connectivity index (χ0n) is 12.0. The molecule has 1 aliphatic rings. The summed E-state index contributed by atoms with van der Waals surface area (Å²) in [6.07, 6.45) is 4.15. The van der Waals surface area contributed by atoms with Gasteiger partial charge in [-0.25, -0.2) is 9.18 Å². The molecule has 1 fully saturated rings. The van der Waals surface area contributed by atoms with Crippen molar-refractivity contribution >= 4 is 17.6 Å². The van der Waals surface area contributed by atoms with E-state index in [0.717, 1.165) is 25.7 Å². The number of halogens is 1. The van der Waals surface area contributed by atoms with Gasteiger partial charge in [0.2, 0.25) is 5.91 Å². The average molecular weight is 293 g/mol. The first-order valence-corrected chi connectivity index (χ1v) is 7.18. The van der Waals surface area contributed by atoms with Gasteiger partial charge in [0.15, 0.2) is 0 Å². The molecule has 0 aromatic heterocycles. The fourth-order valence-electron chi connectivity index (χ4n) is 2.37. The maximum absolute atomic E-state index is 12.8. The number of imide groups is 1. The minimum Gasteiger partial charge on any atom is -0.374 e. The summed E-state index contributed by atoms with van der Waals surface area (Å²) >= 11 is 0. The Bertz CT molecular complexity index is 498. The maximum atomic E-state index is 12.8. The number of rotatable bonds is 4. The van der Waals surface area contributed by atoms with E-state index in [9.17, 15) is 14.0 Å². The minimum absolute atomic E-state index is 0.165. The molecule has 3 amide bonds. The molecule has 0 aliphatic heterocycles. The van der Waals surface area contributed by atoms with E-state index >= 15 is 0 Å². The molecule has 3 N–H and O–H groups in total. The van der Waals surface area contributed by atoms with Crippen LogP contribution in [0.5, 0.6) is 0 Å². The smallest absolute Gasteiger partial charge is 0.321 e. The predicted molar refractivity (Wildman–Crippen MR) is 78.4 cm³/mol. The Hall–Kier alpha value is -2.11. The molecule has 0 bridgehead atoms. The van der Waals surface area contributed by atoms with Crippen LogP contribution in [0.2, 0.25) is 0 Å². The Labute approximate surface area is 123 Å². The fraction of sp³-hybridized carbons (Fsp3) is 0.467. The Balaban J connectivity index is 1.78. The van der Waals surface area contributed by atoms with Crippen molar-refractivity contribution in [1.82, 2.24) is 10.6 Å². The summed E-state index contributed by atoms with van der Waals surface area (Å²) in [4.78, 5) is 23.6. The van der Waals surface area contributed by atoms with Crippen LogP contribution in [-0.4, -0.2) is 24.0 Å². The molecular weight excluding hydrogens is 273 g/mol. The molecule has 0 radical (unpaired) electrons. The van der Waals surface area contributed by atoms with E-state index in [1.807, 2.05) is 0 Å². The van der Waals surface area contributed by atoms with Gasteiger partial charge >= 0.3 is 6.03 Å². The van der Waals surface area contributed by atoms with E-state index in [0.29, 0.717) is 5.69 Å². The predicted octanol–water partition coefficient (Wildman–Crippen LogP) is 2.39. The Morgan fingerprint density at radius 2 is 1.81 bits per heavy atom. The molecular formula is C15H20FN3O2. The van der Waals surface area contributed by atoms with Crippen LogP contribution >= 0.6 is 0 Å².